The molecule has 0 amide bonds. The highest BCUT2D eigenvalue weighted by Crippen LogP contribution is 2.20. The molecule has 2 aromatic rings. The second-order valence-corrected chi connectivity index (χ2v) is 7.13. The number of aromatic nitrogens is 2. The number of halogens is 1. The first-order valence-electron chi connectivity index (χ1n) is 10.4. The highest BCUT2D eigenvalue weighted by atomic mass is 19.1. The van der Waals surface area contributed by atoms with Crippen LogP contribution in [0.2, 0.25) is 0 Å². The van der Waals surface area contributed by atoms with Crippen LogP contribution in [-0.2, 0) is 6.42 Å². The number of alkyl halides is 1. The Morgan fingerprint density at radius 3 is 2.26 bits per heavy atom. The van der Waals surface area contributed by atoms with Gasteiger partial charge in [0.15, 0.2) is 5.82 Å². The number of unbranched alkanes of at least 4 members (excludes halogenated alkanes) is 4. The first kappa shape index (κ1) is 21.3. The van der Waals surface area contributed by atoms with Crippen LogP contribution < -0.4 is 4.74 Å². The first-order chi connectivity index (χ1) is 13.2. The van der Waals surface area contributed by atoms with E-state index in [2.05, 4.69) is 23.8 Å². The Kier molecular flexibility index (Phi) is 9.81. The van der Waals surface area contributed by atoms with Gasteiger partial charge in [-0.1, -0.05) is 46.0 Å². The quantitative estimate of drug-likeness (QED) is 0.373. The fourth-order valence-corrected chi connectivity index (χ4v) is 2.96. The lowest BCUT2D eigenvalue weighted by atomic mass is 10.1. The Bertz CT molecular complexity index is 628. The summed E-state index contributed by atoms with van der Waals surface area (Å²) in [6.45, 7) is 4.71. The van der Waals surface area contributed by atoms with Gasteiger partial charge in [0.2, 0.25) is 0 Å². The number of hydrogen-bond donors (Lipinski definition) is 0. The zero-order valence-electron chi connectivity index (χ0n) is 16.8. The van der Waals surface area contributed by atoms with Crippen molar-refractivity contribution in [3.8, 4) is 17.1 Å². The summed E-state index contributed by atoms with van der Waals surface area (Å²) in [4.78, 5) is 8.98. The topological polar surface area (TPSA) is 35.0 Å². The van der Waals surface area contributed by atoms with E-state index in [4.69, 9.17) is 4.74 Å². The molecule has 0 fully saturated rings. The molecule has 27 heavy (non-hydrogen) atoms. The van der Waals surface area contributed by atoms with Gasteiger partial charge in [-0.25, -0.2) is 14.4 Å². The lowest BCUT2D eigenvalue weighted by Crippen LogP contribution is -2.07. The third-order valence-electron chi connectivity index (χ3n) is 4.71. The molecule has 0 saturated heterocycles. The third-order valence-corrected chi connectivity index (χ3v) is 4.71. The Morgan fingerprint density at radius 1 is 0.889 bits per heavy atom. The maximum absolute atomic E-state index is 13.6. The van der Waals surface area contributed by atoms with Crippen molar-refractivity contribution in [2.75, 3.05) is 6.61 Å². The van der Waals surface area contributed by atoms with E-state index in [1.165, 1.54) is 31.2 Å². The SMILES string of the molecule is CCCCCCc1cnc(-c2ccc(OCCC(F)CCCC)cc2)nc1. The van der Waals surface area contributed by atoms with Gasteiger partial charge in [-0.15, -0.1) is 0 Å². The van der Waals surface area contributed by atoms with Gasteiger partial charge in [-0.3, -0.25) is 0 Å². The van der Waals surface area contributed by atoms with Crippen LogP contribution in [0.1, 0.15) is 70.8 Å². The molecule has 0 aliphatic carbocycles. The van der Waals surface area contributed by atoms with Crippen molar-refractivity contribution in [1.29, 1.82) is 0 Å². The highest BCUT2D eigenvalue weighted by Gasteiger charge is 2.07. The molecule has 1 aromatic heterocycles. The van der Waals surface area contributed by atoms with E-state index in [1.807, 2.05) is 36.7 Å². The van der Waals surface area contributed by atoms with Crippen LogP contribution in [0.4, 0.5) is 4.39 Å². The van der Waals surface area contributed by atoms with E-state index in [1.54, 1.807) is 0 Å². The zero-order chi connectivity index (χ0) is 19.3. The minimum Gasteiger partial charge on any atom is -0.493 e. The van der Waals surface area contributed by atoms with Gasteiger partial charge in [0.25, 0.3) is 0 Å². The minimum atomic E-state index is -0.766. The second-order valence-electron chi connectivity index (χ2n) is 7.13. The number of rotatable bonds is 13. The van der Waals surface area contributed by atoms with E-state index in [0.717, 1.165) is 36.4 Å². The number of aryl methyl sites for hydroxylation is 1. The van der Waals surface area contributed by atoms with Crippen LogP contribution in [0.15, 0.2) is 36.7 Å². The molecule has 0 spiro atoms. The molecule has 0 radical (unpaired) electrons. The molecule has 0 aliphatic heterocycles. The summed E-state index contributed by atoms with van der Waals surface area (Å²) in [6.07, 6.45) is 12.2. The van der Waals surface area contributed by atoms with Crippen LogP contribution in [0.25, 0.3) is 11.4 Å². The summed E-state index contributed by atoms with van der Waals surface area (Å²) in [5, 5.41) is 0. The van der Waals surface area contributed by atoms with Crippen LogP contribution in [0.5, 0.6) is 5.75 Å². The lowest BCUT2D eigenvalue weighted by Gasteiger charge is -2.10. The summed E-state index contributed by atoms with van der Waals surface area (Å²) in [7, 11) is 0. The smallest absolute Gasteiger partial charge is 0.159 e. The molecule has 0 aliphatic rings. The van der Waals surface area contributed by atoms with Crippen molar-refractivity contribution in [2.45, 2.75) is 77.8 Å². The molecule has 3 nitrogen and oxygen atoms in total. The van der Waals surface area contributed by atoms with Crippen molar-refractivity contribution in [2.24, 2.45) is 0 Å². The van der Waals surface area contributed by atoms with Crippen molar-refractivity contribution in [1.82, 2.24) is 9.97 Å². The van der Waals surface area contributed by atoms with Crippen LogP contribution in [0, 0.1) is 0 Å². The molecule has 1 heterocycles. The van der Waals surface area contributed by atoms with Crippen molar-refractivity contribution < 1.29 is 9.13 Å². The average molecular weight is 373 g/mol. The molecule has 4 heteroatoms. The molecular weight excluding hydrogens is 339 g/mol. The van der Waals surface area contributed by atoms with E-state index in [9.17, 15) is 4.39 Å². The first-order valence-corrected chi connectivity index (χ1v) is 10.4. The molecule has 0 bridgehead atoms. The fourth-order valence-electron chi connectivity index (χ4n) is 2.96. The Hall–Kier alpha value is -1.97. The van der Waals surface area contributed by atoms with Crippen molar-refractivity contribution >= 4 is 0 Å². The largest absolute Gasteiger partial charge is 0.493 e. The Balaban J connectivity index is 1.78. The number of benzene rings is 1. The van der Waals surface area contributed by atoms with Gasteiger partial charge in [0, 0.05) is 24.4 Å². The zero-order valence-corrected chi connectivity index (χ0v) is 16.8. The summed E-state index contributed by atoms with van der Waals surface area (Å²) in [6, 6.07) is 7.71. The predicted molar refractivity (Wildman–Crippen MR) is 110 cm³/mol. The van der Waals surface area contributed by atoms with Gasteiger partial charge in [-0.05, 0) is 49.1 Å². The molecule has 1 atom stereocenters. The molecular formula is C23H33FN2O. The Morgan fingerprint density at radius 2 is 1.59 bits per heavy atom. The summed E-state index contributed by atoms with van der Waals surface area (Å²) >= 11 is 0. The molecule has 1 aromatic carbocycles. The number of hydrogen-bond acceptors (Lipinski definition) is 3. The maximum atomic E-state index is 13.6. The normalized spacial score (nSPS) is 12.1. The molecule has 0 saturated carbocycles. The number of nitrogens with zero attached hydrogens (tertiary/aromatic N) is 2. The van der Waals surface area contributed by atoms with Gasteiger partial charge in [0.05, 0.1) is 6.61 Å². The molecule has 2 rings (SSSR count). The van der Waals surface area contributed by atoms with E-state index in [-0.39, 0.29) is 0 Å². The standard InChI is InChI=1S/C23H33FN2O/c1-3-5-7-8-9-19-17-25-23(26-18-19)20-11-13-22(14-12-20)27-16-15-21(24)10-6-4-2/h11-14,17-18,21H,3-10,15-16H2,1-2H3. The monoisotopic (exact) mass is 372 g/mol. The van der Waals surface area contributed by atoms with Crippen LogP contribution in [0.3, 0.4) is 0 Å². The minimum absolute atomic E-state index is 0.410. The second kappa shape index (κ2) is 12.4. The summed E-state index contributed by atoms with van der Waals surface area (Å²) in [5.74, 6) is 1.48. The van der Waals surface area contributed by atoms with Crippen molar-refractivity contribution in [3.63, 3.8) is 0 Å². The van der Waals surface area contributed by atoms with Gasteiger partial charge >= 0.3 is 0 Å². The summed E-state index contributed by atoms with van der Waals surface area (Å²) in [5.41, 5.74) is 2.16. The van der Waals surface area contributed by atoms with Crippen molar-refractivity contribution in [3.05, 3.63) is 42.2 Å². The molecule has 148 valence electrons. The maximum Gasteiger partial charge on any atom is 0.159 e. The molecule has 0 N–H and O–H groups in total. The third kappa shape index (κ3) is 8.06. The van der Waals surface area contributed by atoms with Crippen LogP contribution >= 0.6 is 0 Å². The lowest BCUT2D eigenvalue weighted by molar-refractivity contribution is 0.223. The molecule has 1 unspecified atom stereocenters. The van der Waals surface area contributed by atoms with Gasteiger partial charge < -0.3 is 4.74 Å². The fraction of sp³-hybridized carbons (Fsp3) is 0.565. The van der Waals surface area contributed by atoms with E-state index < -0.39 is 6.17 Å². The van der Waals surface area contributed by atoms with Gasteiger partial charge in [-0.2, -0.15) is 0 Å². The predicted octanol–water partition coefficient (Wildman–Crippen LogP) is 6.56. The summed E-state index contributed by atoms with van der Waals surface area (Å²) < 4.78 is 19.3. The van der Waals surface area contributed by atoms with E-state index in [0.29, 0.717) is 19.4 Å². The Labute approximate surface area is 163 Å². The number of ether oxygens (including phenoxy) is 1. The average Bonchev–Trinajstić information content (AvgIpc) is 2.71. The highest BCUT2D eigenvalue weighted by molar-refractivity contribution is 5.55. The van der Waals surface area contributed by atoms with Gasteiger partial charge in [0.1, 0.15) is 11.9 Å². The van der Waals surface area contributed by atoms with Crippen LogP contribution in [-0.4, -0.2) is 22.7 Å². The van der Waals surface area contributed by atoms with E-state index >= 15 is 0 Å².